The van der Waals surface area contributed by atoms with Gasteiger partial charge in [0.15, 0.2) is 0 Å². The standard InChI is InChI=1S/C16H16N4O3S2/c21-14(18-5-3-11-9-17-10-19-11)4-6-20-15(22)13(25-16(20)23)8-12-2-1-7-24-12/h1-2,7-10H,3-6H2,(H,17,19)(H,18,21)/b13-8-. The number of aromatic nitrogens is 2. The summed E-state index contributed by atoms with van der Waals surface area (Å²) in [5.74, 6) is -0.533. The molecule has 0 unspecified atom stereocenters. The van der Waals surface area contributed by atoms with Crippen molar-refractivity contribution >= 4 is 46.2 Å². The summed E-state index contributed by atoms with van der Waals surface area (Å²) in [5.41, 5.74) is 0.935. The van der Waals surface area contributed by atoms with Gasteiger partial charge in [0.1, 0.15) is 0 Å². The summed E-state index contributed by atoms with van der Waals surface area (Å²) in [6.07, 6.45) is 5.73. The minimum absolute atomic E-state index is 0.0857. The molecule has 0 radical (unpaired) electrons. The summed E-state index contributed by atoms with van der Waals surface area (Å²) in [6, 6.07) is 3.76. The van der Waals surface area contributed by atoms with Crippen LogP contribution in [0.25, 0.3) is 6.08 Å². The first-order chi connectivity index (χ1) is 12.1. The zero-order valence-electron chi connectivity index (χ0n) is 13.2. The molecule has 0 bridgehead atoms. The molecule has 9 heteroatoms. The molecule has 2 aromatic heterocycles. The molecule has 1 saturated heterocycles. The summed E-state index contributed by atoms with van der Waals surface area (Å²) in [6.45, 7) is 0.559. The van der Waals surface area contributed by atoms with Crippen LogP contribution in [0.2, 0.25) is 0 Å². The molecule has 25 heavy (non-hydrogen) atoms. The Balaban J connectivity index is 1.46. The topological polar surface area (TPSA) is 95.2 Å². The second kappa shape index (κ2) is 8.13. The molecule has 3 amide bonds. The first kappa shape index (κ1) is 17.4. The van der Waals surface area contributed by atoms with Crippen molar-refractivity contribution < 1.29 is 14.4 Å². The van der Waals surface area contributed by atoms with Gasteiger partial charge in [0.25, 0.3) is 11.1 Å². The zero-order valence-corrected chi connectivity index (χ0v) is 14.9. The number of nitrogens with zero attached hydrogens (tertiary/aromatic N) is 2. The summed E-state index contributed by atoms with van der Waals surface area (Å²) in [4.78, 5) is 45.5. The molecule has 1 aliphatic heterocycles. The van der Waals surface area contributed by atoms with E-state index in [-0.39, 0.29) is 30.0 Å². The fourth-order valence-corrected chi connectivity index (χ4v) is 3.84. The first-order valence-electron chi connectivity index (χ1n) is 7.66. The fourth-order valence-electron chi connectivity index (χ4n) is 2.26. The van der Waals surface area contributed by atoms with Crippen LogP contribution in [0.4, 0.5) is 4.79 Å². The molecule has 3 heterocycles. The second-order valence-electron chi connectivity index (χ2n) is 5.28. The maximum absolute atomic E-state index is 12.3. The number of carbonyl (C=O) groups excluding carboxylic acids is 3. The Kier molecular flexibility index (Phi) is 5.67. The molecule has 1 aliphatic rings. The predicted octanol–water partition coefficient (Wildman–Crippen LogP) is 2.26. The van der Waals surface area contributed by atoms with Crippen LogP contribution in [-0.4, -0.2) is 45.0 Å². The maximum atomic E-state index is 12.3. The minimum atomic E-state index is -0.339. The van der Waals surface area contributed by atoms with Crippen LogP contribution in [0, 0.1) is 0 Å². The van der Waals surface area contributed by atoms with Gasteiger partial charge in [-0.15, -0.1) is 11.3 Å². The lowest BCUT2D eigenvalue weighted by atomic mass is 10.3. The van der Waals surface area contributed by atoms with Crippen molar-refractivity contribution in [1.29, 1.82) is 0 Å². The van der Waals surface area contributed by atoms with E-state index in [1.165, 1.54) is 11.3 Å². The van der Waals surface area contributed by atoms with Crippen LogP contribution >= 0.6 is 23.1 Å². The normalized spacial score (nSPS) is 16.0. The highest BCUT2D eigenvalue weighted by molar-refractivity contribution is 8.18. The van der Waals surface area contributed by atoms with Crippen molar-refractivity contribution in [2.75, 3.05) is 13.1 Å². The smallest absolute Gasteiger partial charge is 0.293 e. The Morgan fingerprint density at radius 1 is 1.40 bits per heavy atom. The van der Waals surface area contributed by atoms with Gasteiger partial charge in [-0.05, 0) is 29.3 Å². The van der Waals surface area contributed by atoms with E-state index in [2.05, 4.69) is 15.3 Å². The van der Waals surface area contributed by atoms with E-state index in [1.807, 2.05) is 17.5 Å². The average molecular weight is 376 g/mol. The average Bonchev–Trinajstić information content (AvgIpc) is 3.31. The molecule has 1 fully saturated rings. The van der Waals surface area contributed by atoms with Crippen LogP contribution in [0.5, 0.6) is 0 Å². The second-order valence-corrected chi connectivity index (χ2v) is 7.25. The number of hydrogen-bond acceptors (Lipinski definition) is 6. The lowest BCUT2D eigenvalue weighted by Gasteiger charge is -2.12. The van der Waals surface area contributed by atoms with Gasteiger partial charge in [-0.2, -0.15) is 0 Å². The van der Waals surface area contributed by atoms with Crippen LogP contribution in [0.3, 0.4) is 0 Å². The summed E-state index contributed by atoms with van der Waals surface area (Å²) in [5, 5.41) is 4.34. The number of imide groups is 1. The van der Waals surface area contributed by atoms with Crippen molar-refractivity contribution in [3.05, 3.63) is 45.5 Å². The number of nitrogens with one attached hydrogen (secondary N) is 2. The summed E-state index contributed by atoms with van der Waals surface area (Å²) >= 11 is 2.41. The predicted molar refractivity (Wildman–Crippen MR) is 96.9 cm³/mol. The minimum Gasteiger partial charge on any atom is -0.356 e. The number of rotatable bonds is 7. The third-order valence-electron chi connectivity index (χ3n) is 3.52. The molecule has 0 atom stereocenters. The van der Waals surface area contributed by atoms with Crippen molar-refractivity contribution in [2.24, 2.45) is 0 Å². The van der Waals surface area contributed by atoms with E-state index in [0.29, 0.717) is 17.9 Å². The van der Waals surface area contributed by atoms with Crippen LogP contribution < -0.4 is 5.32 Å². The highest BCUT2D eigenvalue weighted by atomic mass is 32.2. The van der Waals surface area contributed by atoms with E-state index in [1.54, 1.807) is 18.6 Å². The number of aromatic amines is 1. The Hall–Kier alpha value is -2.39. The van der Waals surface area contributed by atoms with Crippen molar-refractivity contribution in [2.45, 2.75) is 12.8 Å². The lowest BCUT2D eigenvalue weighted by molar-refractivity contribution is -0.124. The van der Waals surface area contributed by atoms with Gasteiger partial charge >= 0.3 is 0 Å². The van der Waals surface area contributed by atoms with E-state index < -0.39 is 0 Å². The largest absolute Gasteiger partial charge is 0.356 e. The Bertz CT molecular complexity index is 784. The third-order valence-corrected chi connectivity index (χ3v) is 5.25. The highest BCUT2D eigenvalue weighted by Gasteiger charge is 2.35. The number of imidazole rings is 1. The SMILES string of the molecule is O=C(CCN1C(=O)S/C(=C\c2cccs2)C1=O)NCCc1cnc[nH]1. The third kappa shape index (κ3) is 4.58. The zero-order chi connectivity index (χ0) is 17.6. The number of hydrogen-bond donors (Lipinski definition) is 2. The Morgan fingerprint density at radius 2 is 2.28 bits per heavy atom. The van der Waals surface area contributed by atoms with Gasteiger partial charge in [0.05, 0.1) is 11.2 Å². The van der Waals surface area contributed by atoms with E-state index in [9.17, 15) is 14.4 Å². The molecular formula is C16H16N4O3S2. The van der Waals surface area contributed by atoms with E-state index in [4.69, 9.17) is 0 Å². The van der Waals surface area contributed by atoms with Gasteiger partial charge in [-0.3, -0.25) is 19.3 Å². The number of H-pyrrole nitrogens is 1. The highest BCUT2D eigenvalue weighted by Crippen LogP contribution is 2.32. The molecule has 130 valence electrons. The number of amides is 3. The van der Waals surface area contributed by atoms with Crippen molar-refractivity contribution in [1.82, 2.24) is 20.2 Å². The molecule has 0 aromatic carbocycles. The van der Waals surface area contributed by atoms with Gasteiger partial charge in [0.2, 0.25) is 5.91 Å². The van der Waals surface area contributed by atoms with Crippen molar-refractivity contribution in [3.8, 4) is 0 Å². The van der Waals surface area contributed by atoms with Crippen LogP contribution in [0.15, 0.2) is 34.9 Å². The van der Waals surface area contributed by atoms with Crippen molar-refractivity contribution in [3.63, 3.8) is 0 Å². The molecule has 7 nitrogen and oxygen atoms in total. The van der Waals surface area contributed by atoms with E-state index >= 15 is 0 Å². The van der Waals surface area contributed by atoms with Gasteiger partial charge in [0, 0.05) is 42.7 Å². The first-order valence-corrected chi connectivity index (χ1v) is 9.36. The molecular weight excluding hydrogens is 360 g/mol. The van der Waals surface area contributed by atoms with Gasteiger partial charge in [-0.1, -0.05) is 6.07 Å². The fraction of sp³-hybridized carbons (Fsp3) is 0.250. The summed E-state index contributed by atoms with van der Waals surface area (Å²) < 4.78 is 0. The lowest BCUT2D eigenvalue weighted by Crippen LogP contribution is -2.34. The van der Waals surface area contributed by atoms with Gasteiger partial charge < -0.3 is 10.3 Å². The molecule has 0 saturated carbocycles. The Labute approximate surface area is 152 Å². The molecule has 0 aliphatic carbocycles. The molecule has 3 rings (SSSR count). The Morgan fingerprint density at radius 3 is 3.00 bits per heavy atom. The van der Waals surface area contributed by atoms with Crippen LogP contribution in [-0.2, 0) is 16.0 Å². The monoisotopic (exact) mass is 376 g/mol. The van der Waals surface area contributed by atoms with Gasteiger partial charge in [-0.25, -0.2) is 4.98 Å². The molecule has 2 aromatic rings. The maximum Gasteiger partial charge on any atom is 0.293 e. The van der Waals surface area contributed by atoms with Crippen LogP contribution in [0.1, 0.15) is 17.0 Å². The molecule has 2 N–H and O–H groups in total. The quantitative estimate of drug-likeness (QED) is 0.723. The number of carbonyl (C=O) groups is 3. The molecule has 0 spiro atoms. The van der Waals surface area contributed by atoms with E-state index in [0.717, 1.165) is 27.2 Å². The number of thiophene rings is 1. The summed E-state index contributed by atoms with van der Waals surface area (Å²) in [7, 11) is 0. The number of thioether (sulfide) groups is 1.